The highest BCUT2D eigenvalue weighted by atomic mass is 16.7. The number of carbonyl (C=O) groups excluding carboxylic acids is 3. The van der Waals surface area contributed by atoms with Gasteiger partial charge in [-0.3, -0.25) is 9.59 Å². The molecule has 0 aliphatic rings. The van der Waals surface area contributed by atoms with Crippen molar-refractivity contribution >= 4 is 17.9 Å². The van der Waals surface area contributed by atoms with E-state index in [0.717, 1.165) is 70.6 Å². The zero-order valence-electron chi connectivity index (χ0n) is 53.5. The van der Waals surface area contributed by atoms with Crippen LogP contribution in [0.5, 0.6) is 0 Å². The van der Waals surface area contributed by atoms with Crippen molar-refractivity contribution in [2.75, 3.05) is 47.5 Å². The van der Waals surface area contributed by atoms with Gasteiger partial charge in [-0.2, -0.15) is 0 Å². The highest BCUT2D eigenvalue weighted by Crippen LogP contribution is 2.18. The average molecular weight is 1130 g/mol. The number of esters is 2. The number of rotatable bonds is 64. The van der Waals surface area contributed by atoms with E-state index in [9.17, 15) is 19.5 Å². The van der Waals surface area contributed by atoms with Crippen LogP contribution in [-0.2, 0) is 33.3 Å². The molecule has 0 bridgehead atoms. The number of quaternary nitrogens is 1. The molecule has 0 aromatic heterocycles. The largest absolute Gasteiger partial charge is 0.545 e. The Morgan fingerprint density at radius 2 is 0.688 bits per heavy atom. The number of hydrogen-bond acceptors (Lipinski definition) is 8. The van der Waals surface area contributed by atoms with Crippen molar-refractivity contribution in [2.24, 2.45) is 0 Å². The molecule has 468 valence electrons. The second-order valence-corrected chi connectivity index (χ2v) is 24.5. The lowest BCUT2D eigenvalue weighted by atomic mass is 10.0. The van der Waals surface area contributed by atoms with E-state index in [-0.39, 0.29) is 38.6 Å². The molecule has 2 atom stereocenters. The van der Waals surface area contributed by atoms with E-state index in [1.54, 1.807) is 0 Å². The summed E-state index contributed by atoms with van der Waals surface area (Å²) >= 11 is 0. The van der Waals surface area contributed by atoms with Crippen molar-refractivity contribution in [3.63, 3.8) is 0 Å². The molecule has 9 nitrogen and oxygen atoms in total. The average Bonchev–Trinajstić information content (AvgIpc) is 3.43. The van der Waals surface area contributed by atoms with E-state index < -0.39 is 24.3 Å². The molecule has 0 heterocycles. The number of ether oxygens (including phenoxy) is 4. The van der Waals surface area contributed by atoms with Gasteiger partial charge in [0.2, 0.25) is 0 Å². The third-order valence-electron chi connectivity index (χ3n) is 15.3. The minimum atomic E-state index is -1.62. The summed E-state index contributed by atoms with van der Waals surface area (Å²) in [5, 5.41) is 11.8. The van der Waals surface area contributed by atoms with Gasteiger partial charge in [0, 0.05) is 12.8 Å². The van der Waals surface area contributed by atoms with Gasteiger partial charge < -0.3 is 33.3 Å². The molecule has 0 aromatic rings. The predicted molar refractivity (Wildman–Crippen MR) is 339 cm³/mol. The molecule has 0 radical (unpaired) electrons. The van der Waals surface area contributed by atoms with E-state index in [2.05, 4.69) is 62.5 Å². The van der Waals surface area contributed by atoms with E-state index in [0.29, 0.717) is 17.4 Å². The van der Waals surface area contributed by atoms with Crippen molar-refractivity contribution in [3.05, 3.63) is 48.6 Å². The van der Waals surface area contributed by atoms with E-state index >= 15 is 0 Å². The highest BCUT2D eigenvalue weighted by molar-refractivity contribution is 5.70. The third kappa shape index (κ3) is 62.8. The maximum Gasteiger partial charge on any atom is 0.306 e. The van der Waals surface area contributed by atoms with Crippen LogP contribution in [-0.4, -0.2) is 82.3 Å². The quantitative estimate of drug-likeness (QED) is 0.0195. The monoisotopic (exact) mass is 1130 g/mol. The Balaban J connectivity index is 3.89. The second-order valence-electron chi connectivity index (χ2n) is 24.5. The molecule has 2 unspecified atom stereocenters. The van der Waals surface area contributed by atoms with Crippen molar-refractivity contribution < 1.29 is 42.9 Å². The predicted octanol–water partition coefficient (Wildman–Crippen LogP) is 19.6. The zero-order valence-corrected chi connectivity index (χ0v) is 53.5. The van der Waals surface area contributed by atoms with Crippen LogP contribution in [0.1, 0.15) is 328 Å². The molecular weight excluding hydrogens is 995 g/mol. The minimum Gasteiger partial charge on any atom is -0.545 e. The minimum absolute atomic E-state index is 0.147. The van der Waals surface area contributed by atoms with Gasteiger partial charge in [-0.15, -0.1) is 0 Å². The van der Waals surface area contributed by atoms with Gasteiger partial charge in [0.05, 0.1) is 40.3 Å². The molecular formula is C71H131NO8. The first-order valence-corrected chi connectivity index (χ1v) is 34.3. The molecule has 0 fully saturated rings. The van der Waals surface area contributed by atoms with Crippen LogP contribution in [0, 0.1) is 0 Å². The molecule has 0 amide bonds. The molecule has 0 rings (SSSR count). The summed E-state index contributed by atoms with van der Waals surface area (Å²) in [6, 6.07) is 0. The fraction of sp³-hybridized carbons (Fsp3) is 0.845. The number of carboxylic acids is 1. The van der Waals surface area contributed by atoms with Gasteiger partial charge >= 0.3 is 11.9 Å². The van der Waals surface area contributed by atoms with Crippen molar-refractivity contribution in [1.29, 1.82) is 0 Å². The number of allylic oxidation sites excluding steroid dienone is 8. The Hall–Kier alpha value is -2.75. The smallest absolute Gasteiger partial charge is 0.306 e. The van der Waals surface area contributed by atoms with Crippen LogP contribution in [0.15, 0.2) is 48.6 Å². The lowest BCUT2D eigenvalue weighted by molar-refractivity contribution is -0.870. The van der Waals surface area contributed by atoms with Crippen molar-refractivity contribution in [1.82, 2.24) is 0 Å². The molecule has 0 saturated heterocycles. The summed E-state index contributed by atoms with van der Waals surface area (Å²) in [6.07, 6.45) is 76.5. The maximum absolute atomic E-state index is 12.9. The highest BCUT2D eigenvalue weighted by Gasteiger charge is 2.22. The van der Waals surface area contributed by atoms with Gasteiger partial charge in [0.15, 0.2) is 12.4 Å². The van der Waals surface area contributed by atoms with Gasteiger partial charge in [-0.1, -0.05) is 294 Å². The molecule has 0 aliphatic heterocycles. The molecule has 9 heteroatoms. The number of carboxylic acid groups (broad SMARTS) is 1. The first-order valence-electron chi connectivity index (χ1n) is 34.3. The van der Waals surface area contributed by atoms with Crippen molar-refractivity contribution in [2.45, 2.75) is 341 Å². The SMILES string of the molecule is CCCC/C=C\C/C=C\CCCCCCCC(=O)OCC(COC(OCC[N+](C)(C)C)C(=O)[O-])OC(=O)CCCCCCCCCCCCCCCCCCCCCCCCCCCCCCC/C=C\C/C=C\CCCCCCC. The van der Waals surface area contributed by atoms with Gasteiger partial charge in [-0.05, 0) is 70.6 Å². The summed E-state index contributed by atoms with van der Waals surface area (Å²) in [7, 11) is 5.93. The summed E-state index contributed by atoms with van der Waals surface area (Å²) in [6.45, 7) is 4.71. The maximum atomic E-state index is 12.9. The molecule has 0 saturated carbocycles. The topological polar surface area (TPSA) is 111 Å². The number of carbonyl (C=O) groups is 3. The standard InChI is InChI=1S/C71H131NO8/c1-6-8-10-12-14-16-18-20-22-23-24-25-26-27-28-29-30-31-32-33-34-35-36-37-38-39-40-41-42-43-44-45-46-47-48-50-52-54-56-58-60-62-69(74)80-67(66-79-71(70(75)76)77-64-63-72(3,4)5)65-78-68(73)61-59-57-55-53-51-49-21-19-17-15-13-11-9-7-2/h13,15,18-21,23-24,67,71H,6-12,14,16-17,22,25-66H2,1-5H3/b15-13-,20-18-,21-19-,24-23-. The van der Waals surface area contributed by atoms with Crippen LogP contribution in [0.25, 0.3) is 0 Å². The molecule has 0 N–H and O–H groups in total. The Kier molecular flexibility index (Phi) is 60.2. The fourth-order valence-corrected chi connectivity index (χ4v) is 10.00. The van der Waals surface area contributed by atoms with Gasteiger partial charge in [0.25, 0.3) is 0 Å². The summed E-state index contributed by atoms with van der Waals surface area (Å²) in [4.78, 5) is 37.3. The van der Waals surface area contributed by atoms with E-state index in [1.807, 2.05) is 21.1 Å². The lowest BCUT2D eigenvalue weighted by Gasteiger charge is -2.26. The van der Waals surface area contributed by atoms with E-state index in [1.165, 1.54) is 225 Å². The van der Waals surface area contributed by atoms with Gasteiger partial charge in [-0.25, -0.2) is 0 Å². The Morgan fingerprint density at radius 3 is 1.02 bits per heavy atom. The van der Waals surface area contributed by atoms with Crippen LogP contribution in [0.3, 0.4) is 0 Å². The number of likely N-dealkylation sites (N-methyl/N-ethyl adjacent to an activating group) is 1. The van der Waals surface area contributed by atoms with Crippen LogP contribution in [0.4, 0.5) is 0 Å². The fourth-order valence-electron chi connectivity index (χ4n) is 10.00. The molecule has 80 heavy (non-hydrogen) atoms. The lowest BCUT2D eigenvalue weighted by Crippen LogP contribution is -2.44. The first-order chi connectivity index (χ1) is 39.1. The van der Waals surface area contributed by atoms with E-state index in [4.69, 9.17) is 18.9 Å². The number of hydrogen-bond donors (Lipinski definition) is 0. The third-order valence-corrected chi connectivity index (χ3v) is 15.3. The van der Waals surface area contributed by atoms with Crippen LogP contribution >= 0.6 is 0 Å². The van der Waals surface area contributed by atoms with Crippen molar-refractivity contribution in [3.8, 4) is 0 Å². The number of nitrogens with zero attached hydrogens (tertiary/aromatic N) is 1. The first kappa shape index (κ1) is 77.2. The second kappa shape index (κ2) is 62.3. The van der Waals surface area contributed by atoms with Crippen LogP contribution in [0.2, 0.25) is 0 Å². The van der Waals surface area contributed by atoms with Gasteiger partial charge in [0.1, 0.15) is 13.2 Å². The Morgan fingerprint density at radius 1 is 0.375 bits per heavy atom. The molecule has 0 aliphatic carbocycles. The Bertz CT molecular complexity index is 1450. The zero-order chi connectivity index (χ0) is 58.3. The summed E-state index contributed by atoms with van der Waals surface area (Å²) in [5.41, 5.74) is 0. The molecule has 0 spiro atoms. The summed E-state index contributed by atoms with van der Waals surface area (Å²) < 4.78 is 22.7. The van der Waals surface area contributed by atoms with Crippen LogP contribution < -0.4 is 5.11 Å². The molecule has 0 aromatic carbocycles. The summed E-state index contributed by atoms with van der Waals surface area (Å²) in [5.74, 6) is -2.29. The normalized spacial score (nSPS) is 13.0. The Labute approximate surface area is 495 Å². The number of unbranched alkanes of at least 4 members (excludes halogenated alkanes) is 41. The number of aliphatic carboxylic acids is 1.